The molecule has 0 aliphatic heterocycles. The van der Waals surface area contributed by atoms with Gasteiger partial charge in [-0.15, -0.1) is 0 Å². The Morgan fingerprint density at radius 1 is 1.46 bits per heavy atom. The third kappa shape index (κ3) is 4.40. The largest absolute Gasteiger partial charge is 0.455 e. The van der Waals surface area contributed by atoms with E-state index in [1.807, 2.05) is 32.9 Å². The van der Waals surface area contributed by atoms with Gasteiger partial charge in [-0.3, -0.25) is 4.79 Å². The van der Waals surface area contributed by atoms with Crippen molar-refractivity contribution in [2.75, 3.05) is 6.61 Å². The number of carbonyl (C=O) groups is 2. The fraction of sp³-hybridized carbons (Fsp3) is 0.524. The number of rotatable bonds is 6. The lowest BCUT2D eigenvalue weighted by Gasteiger charge is -2.45. The van der Waals surface area contributed by atoms with Crippen molar-refractivity contribution in [3.63, 3.8) is 0 Å². The maximum atomic E-state index is 12.1. The molecule has 0 aromatic rings. The van der Waals surface area contributed by atoms with Gasteiger partial charge in [-0.05, 0) is 36.5 Å². The van der Waals surface area contributed by atoms with E-state index in [2.05, 4.69) is 0 Å². The van der Waals surface area contributed by atoms with Gasteiger partial charge in [-0.25, -0.2) is 4.79 Å². The highest BCUT2D eigenvalue weighted by molar-refractivity contribution is 5.96. The van der Waals surface area contributed by atoms with E-state index < -0.39 is 23.6 Å². The fourth-order valence-electron chi connectivity index (χ4n) is 3.45. The molecule has 2 N–H and O–H groups in total. The number of carbonyl (C=O) groups excluding carboxylic acids is 2. The molecule has 0 amide bonds. The number of aliphatic hydroxyl groups is 2. The first-order valence-corrected chi connectivity index (χ1v) is 9.10. The van der Waals surface area contributed by atoms with Crippen molar-refractivity contribution in [2.45, 2.75) is 45.8 Å². The van der Waals surface area contributed by atoms with Crippen LogP contribution in [0.5, 0.6) is 0 Å². The van der Waals surface area contributed by atoms with Crippen LogP contribution in [-0.2, 0) is 14.3 Å². The van der Waals surface area contributed by atoms with Gasteiger partial charge in [0.05, 0.1) is 0 Å². The number of fused-ring (bicyclic) bond motifs is 1. The van der Waals surface area contributed by atoms with E-state index >= 15 is 0 Å². The standard InChI is InChI=1S/C21H28O5/c1-4-15(13-22)7-5-6-8-20(25)26-19-10-9-16-11-17(23)18(24)12-21(16,3)14(19)2/h5-11,14-15,18-19,22,24H,4,12-13H2,1-3H3. The van der Waals surface area contributed by atoms with E-state index in [9.17, 15) is 14.7 Å². The Bertz CT molecular complexity index is 653. The molecule has 0 bridgehead atoms. The number of aliphatic hydroxyl groups excluding tert-OH is 2. The Balaban J connectivity index is 2.02. The third-order valence-electron chi connectivity index (χ3n) is 5.60. The van der Waals surface area contributed by atoms with Gasteiger partial charge in [-0.2, -0.15) is 0 Å². The minimum Gasteiger partial charge on any atom is -0.455 e. The van der Waals surface area contributed by atoms with Crippen molar-refractivity contribution in [2.24, 2.45) is 17.3 Å². The summed E-state index contributed by atoms with van der Waals surface area (Å²) in [4.78, 5) is 23.8. The Kier molecular flexibility index (Phi) is 6.73. The van der Waals surface area contributed by atoms with Crippen LogP contribution in [0, 0.1) is 17.3 Å². The molecular weight excluding hydrogens is 332 g/mol. The summed E-state index contributed by atoms with van der Waals surface area (Å²) in [6.07, 6.45) is 11.4. The highest BCUT2D eigenvalue weighted by Gasteiger charge is 2.46. The third-order valence-corrected chi connectivity index (χ3v) is 5.60. The summed E-state index contributed by atoms with van der Waals surface area (Å²) < 4.78 is 5.55. The van der Waals surface area contributed by atoms with Gasteiger partial charge in [0.25, 0.3) is 0 Å². The zero-order valence-corrected chi connectivity index (χ0v) is 15.6. The van der Waals surface area contributed by atoms with E-state index in [1.165, 1.54) is 12.2 Å². The van der Waals surface area contributed by atoms with Gasteiger partial charge in [0.2, 0.25) is 0 Å². The lowest BCUT2D eigenvalue weighted by molar-refractivity contribution is -0.145. The molecule has 2 rings (SSSR count). The molecule has 0 saturated carbocycles. The second-order valence-electron chi connectivity index (χ2n) is 7.28. The lowest BCUT2D eigenvalue weighted by Crippen LogP contribution is -2.45. The van der Waals surface area contributed by atoms with Crippen molar-refractivity contribution < 1.29 is 24.5 Å². The summed E-state index contributed by atoms with van der Waals surface area (Å²) in [5, 5.41) is 19.0. The van der Waals surface area contributed by atoms with Gasteiger partial charge in [0, 0.05) is 24.0 Å². The van der Waals surface area contributed by atoms with Crippen LogP contribution in [0.1, 0.15) is 33.6 Å². The number of allylic oxidation sites excluding steroid dienone is 4. The summed E-state index contributed by atoms with van der Waals surface area (Å²) in [7, 11) is 0. The van der Waals surface area contributed by atoms with Gasteiger partial charge in [-0.1, -0.05) is 45.1 Å². The normalized spacial score (nSPS) is 32.6. The van der Waals surface area contributed by atoms with E-state index in [1.54, 1.807) is 18.2 Å². The predicted molar refractivity (Wildman–Crippen MR) is 99.2 cm³/mol. The maximum Gasteiger partial charge on any atom is 0.331 e. The molecule has 2 aliphatic carbocycles. The Labute approximate surface area is 154 Å². The van der Waals surface area contributed by atoms with E-state index in [0.29, 0.717) is 6.42 Å². The summed E-state index contributed by atoms with van der Waals surface area (Å²) in [6, 6.07) is 0. The smallest absolute Gasteiger partial charge is 0.331 e. The first-order chi connectivity index (χ1) is 12.3. The lowest BCUT2D eigenvalue weighted by atomic mass is 9.61. The topological polar surface area (TPSA) is 83.8 Å². The molecule has 0 radical (unpaired) electrons. The second kappa shape index (κ2) is 8.60. The zero-order chi connectivity index (χ0) is 19.3. The van der Waals surface area contributed by atoms with E-state index in [4.69, 9.17) is 9.84 Å². The highest BCUT2D eigenvalue weighted by atomic mass is 16.5. The van der Waals surface area contributed by atoms with Crippen LogP contribution < -0.4 is 0 Å². The van der Waals surface area contributed by atoms with E-state index in [-0.39, 0.29) is 24.2 Å². The molecule has 5 nitrogen and oxygen atoms in total. The minimum absolute atomic E-state index is 0.0618. The Morgan fingerprint density at radius 2 is 2.19 bits per heavy atom. The van der Waals surface area contributed by atoms with Crippen LogP contribution in [0.3, 0.4) is 0 Å². The predicted octanol–water partition coefficient (Wildman–Crippen LogP) is 2.50. The number of hydrogen-bond acceptors (Lipinski definition) is 5. The monoisotopic (exact) mass is 360 g/mol. The number of hydrogen-bond donors (Lipinski definition) is 2. The average molecular weight is 360 g/mol. The molecule has 26 heavy (non-hydrogen) atoms. The van der Waals surface area contributed by atoms with Crippen molar-refractivity contribution in [1.82, 2.24) is 0 Å². The quantitative estimate of drug-likeness (QED) is 0.432. The number of ether oxygens (including phenoxy) is 1. The Hall–Kier alpha value is -1.98. The summed E-state index contributed by atoms with van der Waals surface area (Å²) in [6.45, 7) is 6.02. The first kappa shape index (κ1) is 20.3. The molecule has 0 fully saturated rings. The van der Waals surface area contributed by atoms with Crippen molar-refractivity contribution >= 4 is 11.8 Å². The first-order valence-electron chi connectivity index (χ1n) is 9.10. The minimum atomic E-state index is -1.00. The fourth-order valence-corrected chi connectivity index (χ4v) is 3.45. The molecule has 142 valence electrons. The number of ketones is 1. The summed E-state index contributed by atoms with van der Waals surface area (Å²) in [5.41, 5.74) is 0.465. The summed E-state index contributed by atoms with van der Waals surface area (Å²) in [5.74, 6) is -0.694. The molecule has 0 heterocycles. The summed E-state index contributed by atoms with van der Waals surface area (Å²) >= 11 is 0. The van der Waals surface area contributed by atoms with Gasteiger partial charge in [0.1, 0.15) is 12.2 Å². The van der Waals surface area contributed by atoms with Gasteiger partial charge >= 0.3 is 5.97 Å². The molecular formula is C21H28O5. The number of esters is 1. The molecule has 0 spiro atoms. The van der Waals surface area contributed by atoms with Crippen molar-refractivity contribution in [1.29, 1.82) is 0 Å². The van der Waals surface area contributed by atoms with E-state index in [0.717, 1.165) is 12.0 Å². The second-order valence-corrected chi connectivity index (χ2v) is 7.28. The van der Waals surface area contributed by atoms with Crippen LogP contribution in [0.2, 0.25) is 0 Å². The van der Waals surface area contributed by atoms with Crippen molar-refractivity contribution in [3.05, 3.63) is 48.1 Å². The molecule has 0 aromatic carbocycles. The maximum absolute atomic E-state index is 12.1. The van der Waals surface area contributed by atoms with Crippen LogP contribution in [0.15, 0.2) is 48.1 Å². The Morgan fingerprint density at radius 3 is 2.85 bits per heavy atom. The van der Waals surface area contributed by atoms with Gasteiger partial charge < -0.3 is 14.9 Å². The zero-order valence-electron chi connectivity index (χ0n) is 15.6. The van der Waals surface area contributed by atoms with Crippen molar-refractivity contribution in [3.8, 4) is 0 Å². The van der Waals surface area contributed by atoms with Gasteiger partial charge in [0.15, 0.2) is 5.78 Å². The SMILES string of the molecule is CCC(C=CC=CC(=O)OC1C=CC2=CC(=O)C(O)CC2(C)C1C)CO. The highest BCUT2D eigenvalue weighted by Crippen LogP contribution is 2.48. The van der Waals surface area contributed by atoms with Crippen LogP contribution in [0.4, 0.5) is 0 Å². The molecule has 0 aromatic heterocycles. The van der Waals surface area contributed by atoms with Crippen LogP contribution in [-0.4, -0.2) is 40.8 Å². The molecule has 5 unspecified atom stereocenters. The molecule has 0 saturated heterocycles. The van der Waals surface area contributed by atoms with Crippen LogP contribution in [0.25, 0.3) is 0 Å². The molecule has 5 heteroatoms. The average Bonchev–Trinajstić information content (AvgIpc) is 2.61. The molecule has 2 aliphatic rings. The molecule has 5 atom stereocenters. The van der Waals surface area contributed by atoms with Crippen LogP contribution >= 0.6 is 0 Å².